The molecule has 0 heterocycles. The van der Waals surface area contributed by atoms with E-state index in [-0.39, 0.29) is 0 Å². The molecule has 0 N–H and O–H groups in total. The Balaban J connectivity index is 3.95. The third-order valence-electron chi connectivity index (χ3n) is 1.08. The minimum atomic E-state index is 0.854. The first-order chi connectivity index (χ1) is 4.70. The van der Waals surface area contributed by atoms with Crippen LogP contribution in [0.25, 0.3) is 0 Å². The molecule has 10 heavy (non-hydrogen) atoms. The van der Waals surface area contributed by atoms with E-state index >= 15 is 0 Å². The van der Waals surface area contributed by atoms with Gasteiger partial charge >= 0.3 is 0 Å². The van der Waals surface area contributed by atoms with E-state index in [0.717, 1.165) is 18.4 Å². The van der Waals surface area contributed by atoms with Gasteiger partial charge < -0.3 is 4.90 Å². The molecule has 0 aliphatic heterocycles. The van der Waals surface area contributed by atoms with Crippen LogP contribution in [0.15, 0.2) is 11.8 Å². The third kappa shape index (κ3) is 3.96. The second-order valence-electron chi connectivity index (χ2n) is 2.48. The summed E-state index contributed by atoms with van der Waals surface area (Å²) >= 11 is 0. The summed E-state index contributed by atoms with van der Waals surface area (Å²) in [6.45, 7) is 2.07. The van der Waals surface area contributed by atoms with E-state index in [1.807, 2.05) is 25.2 Å². The summed E-state index contributed by atoms with van der Waals surface area (Å²) in [5, 5.41) is 8.56. The lowest BCUT2D eigenvalue weighted by molar-refractivity contribution is 0.557. The van der Waals surface area contributed by atoms with Crippen molar-refractivity contribution in [2.45, 2.75) is 19.8 Å². The van der Waals surface area contributed by atoms with E-state index in [0.29, 0.717) is 0 Å². The van der Waals surface area contributed by atoms with Gasteiger partial charge in [-0.1, -0.05) is 13.3 Å². The molecular formula is C8H14N2. The Morgan fingerprint density at radius 3 is 2.50 bits per heavy atom. The first-order valence-electron chi connectivity index (χ1n) is 3.48. The molecule has 56 valence electrons. The van der Waals surface area contributed by atoms with Crippen LogP contribution in [0.1, 0.15) is 19.8 Å². The Morgan fingerprint density at radius 2 is 2.20 bits per heavy atom. The Morgan fingerprint density at radius 1 is 1.60 bits per heavy atom. The van der Waals surface area contributed by atoms with Crippen molar-refractivity contribution in [3.8, 4) is 6.07 Å². The molecule has 0 saturated carbocycles. The van der Waals surface area contributed by atoms with Crippen LogP contribution in [0, 0.1) is 11.3 Å². The molecule has 0 unspecified atom stereocenters. The molecule has 0 rings (SSSR count). The lowest BCUT2D eigenvalue weighted by Crippen LogP contribution is -2.02. The van der Waals surface area contributed by atoms with Crippen molar-refractivity contribution >= 4 is 0 Å². The SMILES string of the molecule is CCC/C(C#N)=C/N(C)C. The molecule has 0 saturated heterocycles. The molecule has 0 aromatic carbocycles. The van der Waals surface area contributed by atoms with E-state index in [2.05, 4.69) is 13.0 Å². The van der Waals surface area contributed by atoms with Crippen molar-refractivity contribution in [2.75, 3.05) is 14.1 Å². The van der Waals surface area contributed by atoms with Gasteiger partial charge in [-0.05, 0) is 6.42 Å². The summed E-state index contributed by atoms with van der Waals surface area (Å²) in [5.74, 6) is 0. The van der Waals surface area contributed by atoms with Crippen LogP contribution in [0.4, 0.5) is 0 Å². The van der Waals surface area contributed by atoms with Crippen LogP contribution in [-0.4, -0.2) is 19.0 Å². The van der Waals surface area contributed by atoms with Gasteiger partial charge in [-0.2, -0.15) is 5.26 Å². The molecule has 0 atom stereocenters. The highest BCUT2D eigenvalue weighted by atomic mass is 15.0. The zero-order valence-corrected chi connectivity index (χ0v) is 6.89. The number of hydrogen-bond donors (Lipinski definition) is 0. The molecule has 0 fully saturated rings. The molecule has 0 radical (unpaired) electrons. The van der Waals surface area contributed by atoms with E-state index in [9.17, 15) is 0 Å². The molecule has 0 spiro atoms. The molecule has 2 heteroatoms. The van der Waals surface area contributed by atoms with Gasteiger partial charge in [0.25, 0.3) is 0 Å². The molecule has 2 nitrogen and oxygen atoms in total. The van der Waals surface area contributed by atoms with Gasteiger partial charge in [-0.3, -0.25) is 0 Å². The second-order valence-corrected chi connectivity index (χ2v) is 2.48. The van der Waals surface area contributed by atoms with Crippen LogP contribution in [0.3, 0.4) is 0 Å². The standard InChI is InChI=1S/C8H14N2/c1-4-5-8(6-9)7-10(2)3/h7H,4-5H2,1-3H3/b8-7-. The fourth-order valence-corrected chi connectivity index (χ4v) is 0.730. The van der Waals surface area contributed by atoms with Crippen LogP contribution >= 0.6 is 0 Å². The van der Waals surface area contributed by atoms with Crippen molar-refractivity contribution in [1.82, 2.24) is 4.90 Å². The van der Waals surface area contributed by atoms with Crippen molar-refractivity contribution in [3.05, 3.63) is 11.8 Å². The topological polar surface area (TPSA) is 27.0 Å². The number of nitrogens with zero attached hydrogens (tertiary/aromatic N) is 2. The van der Waals surface area contributed by atoms with Crippen molar-refractivity contribution in [2.24, 2.45) is 0 Å². The highest BCUT2D eigenvalue weighted by Crippen LogP contribution is 2.02. The predicted molar refractivity (Wildman–Crippen MR) is 42.3 cm³/mol. The van der Waals surface area contributed by atoms with Gasteiger partial charge in [0.1, 0.15) is 0 Å². The predicted octanol–water partition coefficient (Wildman–Crippen LogP) is 1.76. The van der Waals surface area contributed by atoms with E-state index in [1.54, 1.807) is 0 Å². The average Bonchev–Trinajstić information content (AvgIpc) is 1.86. The van der Waals surface area contributed by atoms with Crippen LogP contribution < -0.4 is 0 Å². The number of nitriles is 1. The molecule has 0 aromatic heterocycles. The fourth-order valence-electron chi connectivity index (χ4n) is 0.730. The monoisotopic (exact) mass is 138 g/mol. The zero-order chi connectivity index (χ0) is 7.98. The minimum absolute atomic E-state index is 0.854. The first-order valence-corrected chi connectivity index (χ1v) is 3.48. The Bertz CT molecular complexity index is 151. The van der Waals surface area contributed by atoms with Gasteiger partial charge in [0.15, 0.2) is 0 Å². The lowest BCUT2D eigenvalue weighted by atomic mass is 10.2. The van der Waals surface area contributed by atoms with E-state index < -0.39 is 0 Å². The normalized spacial score (nSPS) is 10.8. The van der Waals surface area contributed by atoms with Crippen LogP contribution in [0.5, 0.6) is 0 Å². The smallest absolute Gasteiger partial charge is 0.0962 e. The Kier molecular flexibility index (Phi) is 4.39. The summed E-state index contributed by atoms with van der Waals surface area (Å²) in [5.41, 5.74) is 0.854. The molecule has 0 amide bonds. The Labute approximate surface area is 62.8 Å². The zero-order valence-electron chi connectivity index (χ0n) is 6.89. The quantitative estimate of drug-likeness (QED) is 0.555. The maximum Gasteiger partial charge on any atom is 0.0962 e. The lowest BCUT2D eigenvalue weighted by Gasteiger charge is -2.04. The number of rotatable bonds is 3. The van der Waals surface area contributed by atoms with Gasteiger partial charge in [0.2, 0.25) is 0 Å². The summed E-state index contributed by atoms with van der Waals surface area (Å²) in [6, 6.07) is 2.15. The maximum atomic E-state index is 8.56. The average molecular weight is 138 g/mol. The largest absolute Gasteiger partial charge is 0.383 e. The summed E-state index contributed by atoms with van der Waals surface area (Å²) < 4.78 is 0. The molecule has 0 aliphatic carbocycles. The Hall–Kier alpha value is -0.970. The number of hydrogen-bond acceptors (Lipinski definition) is 2. The van der Waals surface area contributed by atoms with Gasteiger partial charge in [0.05, 0.1) is 6.07 Å². The molecular weight excluding hydrogens is 124 g/mol. The minimum Gasteiger partial charge on any atom is -0.383 e. The first kappa shape index (κ1) is 9.03. The van der Waals surface area contributed by atoms with E-state index in [1.165, 1.54) is 0 Å². The highest BCUT2D eigenvalue weighted by molar-refractivity contribution is 5.19. The molecule has 0 aromatic rings. The van der Waals surface area contributed by atoms with Crippen molar-refractivity contribution < 1.29 is 0 Å². The van der Waals surface area contributed by atoms with Crippen molar-refractivity contribution in [3.63, 3.8) is 0 Å². The van der Waals surface area contributed by atoms with Crippen molar-refractivity contribution in [1.29, 1.82) is 5.26 Å². The fraction of sp³-hybridized carbons (Fsp3) is 0.625. The van der Waals surface area contributed by atoms with Gasteiger partial charge in [-0.15, -0.1) is 0 Å². The summed E-state index contributed by atoms with van der Waals surface area (Å²) in [6.07, 6.45) is 3.78. The number of allylic oxidation sites excluding steroid dienone is 1. The van der Waals surface area contributed by atoms with Gasteiger partial charge in [-0.25, -0.2) is 0 Å². The highest BCUT2D eigenvalue weighted by Gasteiger charge is 1.92. The van der Waals surface area contributed by atoms with Crippen LogP contribution in [-0.2, 0) is 0 Å². The second kappa shape index (κ2) is 4.87. The third-order valence-corrected chi connectivity index (χ3v) is 1.08. The van der Waals surface area contributed by atoms with E-state index in [4.69, 9.17) is 5.26 Å². The van der Waals surface area contributed by atoms with Crippen LogP contribution in [0.2, 0.25) is 0 Å². The summed E-state index contributed by atoms with van der Waals surface area (Å²) in [4.78, 5) is 1.90. The summed E-state index contributed by atoms with van der Waals surface area (Å²) in [7, 11) is 3.85. The van der Waals surface area contributed by atoms with Gasteiger partial charge in [0, 0.05) is 25.9 Å². The maximum absolute atomic E-state index is 8.56. The molecule has 0 aliphatic rings. The molecule has 0 bridgehead atoms.